The van der Waals surface area contributed by atoms with Crippen LogP contribution in [0.15, 0.2) is 133 Å². The van der Waals surface area contributed by atoms with Crippen molar-refractivity contribution in [3.05, 3.63) is 189 Å². The van der Waals surface area contributed by atoms with E-state index >= 15 is 0 Å². The molecule has 0 saturated carbocycles. The molecule has 0 aliphatic heterocycles. The first kappa shape index (κ1) is 56.2. The minimum absolute atomic E-state index is 1.16. The van der Waals surface area contributed by atoms with Crippen LogP contribution in [0.3, 0.4) is 0 Å². The number of thiophene rings is 1. The van der Waals surface area contributed by atoms with Crippen molar-refractivity contribution >= 4 is 34.6 Å². The van der Waals surface area contributed by atoms with E-state index in [9.17, 15) is 0 Å². The first-order valence-electron chi connectivity index (χ1n) is 31.3. The molecule has 7 aromatic rings. The lowest BCUT2D eigenvalue weighted by molar-refractivity contribution is 0.607. The summed E-state index contributed by atoms with van der Waals surface area (Å²) < 4.78 is 0. The van der Waals surface area contributed by atoms with Gasteiger partial charge in [-0.2, -0.15) is 0 Å². The van der Waals surface area contributed by atoms with Crippen LogP contribution in [-0.4, -0.2) is 0 Å². The number of rotatable bonds is 32. The zero-order valence-electron chi connectivity index (χ0n) is 48.1. The van der Waals surface area contributed by atoms with Crippen molar-refractivity contribution in [2.45, 2.75) is 207 Å². The highest BCUT2D eigenvalue weighted by molar-refractivity contribution is 7.18. The van der Waals surface area contributed by atoms with Gasteiger partial charge in [0.05, 0.1) is 0 Å². The van der Waals surface area contributed by atoms with E-state index in [4.69, 9.17) is 0 Å². The number of fused-ring (bicyclic) bond motifs is 6. The Morgan fingerprint density at radius 1 is 0.260 bits per heavy atom. The molecule has 0 fully saturated rings. The molecule has 6 aromatic carbocycles. The first-order valence-corrected chi connectivity index (χ1v) is 32.1. The average Bonchev–Trinajstić information content (AvgIpc) is 4.18. The fourth-order valence-corrected chi connectivity index (χ4v) is 13.3. The van der Waals surface area contributed by atoms with Crippen LogP contribution in [0, 0.1) is 0 Å². The van der Waals surface area contributed by atoms with Crippen LogP contribution in [0.5, 0.6) is 0 Å². The van der Waals surface area contributed by atoms with Crippen molar-refractivity contribution in [3.63, 3.8) is 0 Å². The van der Waals surface area contributed by atoms with Crippen LogP contribution >= 0.6 is 11.3 Å². The summed E-state index contributed by atoms with van der Waals surface area (Å²) >= 11 is 1.90. The van der Waals surface area contributed by atoms with E-state index in [1.165, 1.54) is 264 Å². The second-order valence-electron chi connectivity index (χ2n) is 23.1. The molecule has 2 aliphatic rings. The molecule has 1 heterocycles. The number of aryl methyl sites for hydroxylation is 4. The maximum atomic E-state index is 2.53. The lowest BCUT2D eigenvalue weighted by Crippen LogP contribution is -1.90. The summed E-state index contributed by atoms with van der Waals surface area (Å²) in [5.74, 6) is 0. The molecule has 0 radical (unpaired) electrons. The van der Waals surface area contributed by atoms with Gasteiger partial charge in [0.1, 0.15) is 0 Å². The molecular weight excluding hydrogens is 945 g/mol. The lowest BCUT2D eigenvalue weighted by atomic mass is 9.96. The van der Waals surface area contributed by atoms with Gasteiger partial charge in [0.2, 0.25) is 0 Å². The van der Waals surface area contributed by atoms with Gasteiger partial charge in [0.15, 0.2) is 0 Å². The second kappa shape index (κ2) is 29.5. The van der Waals surface area contributed by atoms with Gasteiger partial charge in [-0.05, 0) is 176 Å². The highest BCUT2D eigenvalue weighted by Crippen LogP contribution is 2.48. The van der Waals surface area contributed by atoms with E-state index in [1.54, 1.807) is 0 Å². The molecule has 1 heteroatoms. The van der Waals surface area contributed by atoms with E-state index < -0.39 is 0 Å². The van der Waals surface area contributed by atoms with E-state index in [-0.39, 0.29) is 0 Å². The number of unbranched alkanes of at least 4 members (excludes halogenated alkanes) is 20. The maximum Gasteiger partial charge on any atom is 0.0349 e. The third-order valence-electron chi connectivity index (χ3n) is 17.0. The molecule has 77 heavy (non-hydrogen) atoms. The molecule has 0 amide bonds. The van der Waals surface area contributed by atoms with Crippen LogP contribution in [-0.2, 0) is 25.7 Å². The van der Waals surface area contributed by atoms with Crippen LogP contribution in [0.2, 0.25) is 0 Å². The van der Waals surface area contributed by atoms with Crippen molar-refractivity contribution in [2.24, 2.45) is 0 Å². The topological polar surface area (TPSA) is 0 Å². The molecule has 0 nitrogen and oxygen atoms in total. The summed E-state index contributed by atoms with van der Waals surface area (Å²) in [7, 11) is 0. The summed E-state index contributed by atoms with van der Waals surface area (Å²) in [5, 5.41) is 0. The van der Waals surface area contributed by atoms with Gasteiger partial charge in [0, 0.05) is 9.75 Å². The quantitative estimate of drug-likeness (QED) is 0.0369. The van der Waals surface area contributed by atoms with Gasteiger partial charge in [-0.25, -0.2) is 0 Å². The Morgan fingerprint density at radius 2 is 0.519 bits per heavy atom. The summed E-state index contributed by atoms with van der Waals surface area (Å²) in [6.07, 6.45) is 41.6. The van der Waals surface area contributed by atoms with E-state index in [2.05, 4.69) is 173 Å². The van der Waals surface area contributed by atoms with Crippen LogP contribution in [0.4, 0.5) is 0 Å². The van der Waals surface area contributed by atoms with Crippen molar-refractivity contribution < 1.29 is 0 Å². The largest absolute Gasteiger partial charge is 0.135 e. The standard InChI is InChI=1S/C76H92S/c1-5-9-13-17-21-25-29-57-37-45-65-66-46-38-58(30-26-22-18-14-10-6-2)52-70(66)73(69(65)51-57)55-61-33-41-63(42-34-61)75-49-50-76(77-75)64-43-35-62(36-44-64)56-74-71-53-59(31-27-23-19-15-11-7-3)39-47-67(71)68-48-40-60(54-72(68)74)32-28-24-20-16-12-8-4/h33-56H,5-32H2,1-4H3. The average molecular weight is 1040 g/mol. The number of hydrogen-bond donors (Lipinski definition) is 0. The van der Waals surface area contributed by atoms with Gasteiger partial charge in [-0.3, -0.25) is 0 Å². The van der Waals surface area contributed by atoms with Gasteiger partial charge in [0.25, 0.3) is 0 Å². The minimum atomic E-state index is 1.16. The number of benzene rings is 6. The molecular formula is C76H92S. The molecule has 0 atom stereocenters. The highest BCUT2D eigenvalue weighted by Gasteiger charge is 2.26. The van der Waals surface area contributed by atoms with Crippen molar-refractivity contribution in [3.8, 4) is 43.1 Å². The van der Waals surface area contributed by atoms with Gasteiger partial charge < -0.3 is 0 Å². The van der Waals surface area contributed by atoms with E-state index in [0.29, 0.717) is 0 Å². The van der Waals surface area contributed by atoms with Crippen molar-refractivity contribution in [1.29, 1.82) is 0 Å². The monoisotopic (exact) mass is 1040 g/mol. The highest BCUT2D eigenvalue weighted by atomic mass is 32.1. The van der Waals surface area contributed by atoms with E-state index in [1.807, 2.05) is 11.3 Å². The molecule has 9 rings (SSSR count). The molecule has 0 N–H and O–H groups in total. The third-order valence-corrected chi connectivity index (χ3v) is 18.2. The van der Waals surface area contributed by atoms with Crippen LogP contribution in [0.1, 0.15) is 237 Å². The van der Waals surface area contributed by atoms with Crippen molar-refractivity contribution in [2.75, 3.05) is 0 Å². The molecule has 0 spiro atoms. The molecule has 0 unspecified atom stereocenters. The van der Waals surface area contributed by atoms with Gasteiger partial charge in [-0.1, -0.05) is 277 Å². The Hall–Kier alpha value is -5.50. The predicted molar refractivity (Wildman–Crippen MR) is 341 cm³/mol. The Labute approximate surface area is 471 Å². The molecule has 2 aliphatic carbocycles. The Kier molecular flexibility index (Phi) is 21.5. The summed E-state index contributed by atoms with van der Waals surface area (Å²) in [5.41, 5.74) is 25.0. The normalized spacial score (nSPS) is 12.3. The lowest BCUT2D eigenvalue weighted by Gasteiger charge is -2.09. The Balaban J connectivity index is 0.917. The molecule has 0 saturated heterocycles. The summed E-state index contributed by atoms with van der Waals surface area (Å²) in [4.78, 5) is 2.63. The summed E-state index contributed by atoms with van der Waals surface area (Å²) in [6, 6.07) is 52.8. The van der Waals surface area contributed by atoms with Crippen LogP contribution in [0.25, 0.3) is 66.4 Å². The van der Waals surface area contributed by atoms with Crippen molar-refractivity contribution in [1.82, 2.24) is 0 Å². The maximum absolute atomic E-state index is 2.53. The zero-order chi connectivity index (χ0) is 53.0. The molecule has 0 bridgehead atoms. The smallest absolute Gasteiger partial charge is 0.0349 e. The van der Waals surface area contributed by atoms with Gasteiger partial charge >= 0.3 is 0 Å². The molecule has 402 valence electrons. The summed E-state index contributed by atoms with van der Waals surface area (Å²) in [6.45, 7) is 9.23. The SMILES string of the molecule is CCCCCCCCc1ccc2c(c1)C(=Cc1ccc(-c3ccc(-c4ccc(C=C5c6cc(CCCCCCCC)ccc6-c6ccc(CCCCCCCC)cc65)cc4)s3)cc1)c1cc(CCCCCCCC)ccc1-2. The van der Waals surface area contributed by atoms with Crippen LogP contribution < -0.4 is 0 Å². The fourth-order valence-electron chi connectivity index (χ4n) is 12.3. The fraction of sp³-hybridized carbons (Fsp3) is 0.421. The Bertz CT molecular complexity index is 2670. The first-order chi connectivity index (χ1) is 38.0. The van der Waals surface area contributed by atoms with E-state index in [0.717, 1.165) is 25.7 Å². The third kappa shape index (κ3) is 15.2. The number of hydrogen-bond acceptors (Lipinski definition) is 1. The zero-order valence-corrected chi connectivity index (χ0v) is 48.9. The molecule has 1 aromatic heterocycles. The van der Waals surface area contributed by atoms with Gasteiger partial charge in [-0.15, -0.1) is 11.3 Å². The predicted octanol–water partition coefficient (Wildman–Crippen LogP) is 23.8. The second-order valence-corrected chi connectivity index (χ2v) is 24.2. The Morgan fingerprint density at radius 3 is 0.792 bits per heavy atom. The minimum Gasteiger partial charge on any atom is -0.135 e.